The van der Waals surface area contributed by atoms with Gasteiger partial charge in [-0.25, -0.2) is 9.97 Å². The van der Waals surface area contributed by atoms with E-state index in [0.717, 1.165) is 5.46 Å². The van der Waals surface area contributed by atoms with Crippen LogP contribution in [0.3, 0.4) is 0 Å². The first-order valence-electron chi connectivity index (χ1n) is 10.3. The highest BCUT2D eigenvalue weighted by Crippen LogP contribution is 2.38. The van der Waals surface area contributed by atoms with Crippen molar-refractivity contribution >= 4 is 24.5 Å². The van der Waals surface area contributed by atoms with E-state index in [0.29, 0.717) is 44.9 Å². The predicted octanol–water partition coefficient (Wildman–Crippen LogP) is 2.50. The third-order valence-corrected chi connectivity index (χ3v) is 6.43. The Hall–Kier alpha value is -1.93. The molecule has 7 nitrogen and oxygen atoms in total. The number of carbonyl (C=O) groups excluding carboxylic acids is 1. The summed E-state index contributed by atoms with van der Waals surface area (Å²) >= 11 is 0. The first kappa shape index (κ1) is 21.8. The zero-order valence-corrected chi connectivity index (χ0v) is 18.2. The van der Waals surface area contributed by atoms with Gasteiger partial charge in [0.2, 0.25) is 5.95 Å². The van der Waals surface area contributed by atoms with E-state index in [9.17, 15) is 4.79 Å². The summed E-state index contributed by atoms with van der Waals surface area (Å²) in [5.41, 5.74) is -0.483. The van der Waals surface area contributed by atoms with Crippen LogP contribution in [0, 0.1) is 5.41 Å². The molecule has 8 heteroatoms. The maximum atomic E-state index is 12.5. The van der Waals surface area contributed by atoms with Crippen molar-refractivity contribution in [2.75, 3.05) is 24.6 Å². The first-order valence-corrected chi connectivity index (χ1v) is 10.3. The fourth-order valence-corrected chi connectivity index (χ4v) is 3.78. The zero-order chi connectivity index (χ0) is 21.3. The van der Waals surface area contributed by atoms with Crippen LogP contribution in [-0.4, -0.2) is 54.0 Å². The van der Waals surface area contributed by atoms with Crippen molar-refractivity contribution in [1.29, 1.82) is 0 Å². The van der Waals surface area contributed by atoms with Gasteiger partial charge < -0.3 is 18.9 Å². The molecule has 0 unspecified atom stereocenters. The molecule has 1 aromatic rings. The van der Waals surface area contributed by atoms with Crippen LogP contribution in [0.1, 0.15) is 53.9 Å². The van der Waals surface area contributed by atoms with Gasteiger partial charge in [0.15, 0.2) is 0 Å². The molecule has 0 amide bonds. The van der Waals surface area contributed by atoms with Crippen molar-refractivity contribution < 1.29 is 18.8 Å². The van der Waals surface area contributed by atoms with Gasteiger partial charge in [-0.3, -0.25) is 4.79 Å². The maximum Gasteiger partial charge on any atom is 0.498 e. The van der Waals surface area contributed by atoms with Crippen molar-refractivity contribution in [3.05, 3.63) is 25.0 Å². The molecule has 29 heavy (non-hydrogen) atoms. The Balaban J connectivity index is 1.66. The Morgan fingerprint density at radius 2 is 1.76 bits per heavy atom. The van der Waals surface area contributed by atoms with Gasteiger partial charge in [-0.2, -0.15) is 0 Å². The molecule has 0 aliphatic carbocycles. The van der Waals surface area contributed by atoms with Crippen molar-refractivity contribution in [2.24, 2.45) is 5.41 Å². The molecule has 0 N–H and O–H groups in total. The second kappa shape index (κ2) is 8.07. The molecule has 0 atom stereocenters. The van der Waals surface area contributed by atoms with Gasteiger partial charge in [0.25, 0.3) is 0 Å². The van der Waals surface area contributed by atoms with Crippen LogP contribution in [-0.2, 0) is 18.8 Å². The van der Waals surface area contributed by atoms with E-state index in [4.69, 9.17) is 14.0 Å². The predicted molar refractivity (Wildman–Crippen MR) is 113 cm³/mol. The summed E-state index contributed by atoms with van der Waals surface area (Å²) in [7, 11) is -0.473. The number of nitrogens with zero attached hydrogens (tertiary/aromatic N) is 3. The van der Waals surface area contributed by atoms with E-state index in [2.05, 4.69) is 21.4 Å². The van der Waals surface area contributed by atoms with Crippen molar-refractivity contribution in [1.82, 2.24) is 9.97 Å². The van der Waals surface area contributed by atoms with E-state index >= 15 is 0 Å². The standard InChI is InChI=1S/C21H32BN3O4/c1-7-9-21(17(26)27-8-2)10-12-25(13-11-21)18-23-14-16(15-24-18)22-28-19(3,4)20(5,6)29-22/h7,14-15H,1,8-13H2,2-6H3. The largest absolute Gasteiger partial charge is 0.498 e. The molecule has 2 aliphatic heterocycles. The summed E-state index contributed by atoms with van der Waals surface area (Å²) in [6.07, 6.45) is 7.35. The first-order chi connectivity index (χ1) is 13.6. The second-order valence-corrected chi connectivity index (χ2v) is 8.89. The lowest BCUT2D eigenvalue weighted by Crippen LogP contribution is -2.45. The van der Waals surface area contributed by atoms with Gasteiger partial charge in [0.1, 0.15) is 0 Å². The zero-order valence-electron chi connectivity index (χ0n) is 18.2. The molecule has 2 aliphatic rings. The minimum atomic E-state index is -0.489. The average molecular weight is 401 g/mol. The maximum absolute atomic E-state index is 12.5. The van der Waals surface area contributed by atoms with Crippen LogP contribution in [0.25, 0.3) is 0 Å². The SMILES string of the molecule is C=CCC1(C(=O)OCC)CCN(c2ncc(B3OC(C)(C)C(C)(C)O3)cn2)CC1. The number of aromatic nitrogens is 2. The van der Waals surface area contributed by atoms with E-state index in [1.807, 2.05) is 40.7 Å². The van der Waals surface area contributed by atoms with E-state index in [1.54, 1.807) is 12.4 Å². The normalized spacial score (nSPS) is 22.4. The third-order valence-electron chi connectivity index (χ3n) is 6.43. The van der Waals surface area contributed by atoms with Gasteiger partial charge in [-0.05, 0) is 53.9 Å². The molecule has 0 spiro atoms. The Morgan fingerprint density at radius 1 is 1.21 bits per heavy atom. The Morgan fingerprint density at radius 3 is 2.24 bits per heavy atom. The second-order valence-electron chi connectivity index (χ2n) is 8.89. The average Bonchev–Trinajstić information content (AvgIpc) is 2.90. The van der Waals surface area contributed by atoms with Gasteiger partial charge in [0, 0.05) is 30.9 Å². The van der Waals surface area contributed by atoms with Crippen LogP contribution >= 0.6 is 0 Å². The number of esters is 1. The molecule has 2 fully saturated rings. The quantitative estimate of drug-likeness (QED) is 0.412. The summed E-state index contributed by atoms with van der Waals surface area (Å²) in [6.45, 7) is 15.5. The van der Waals surface area contributed by atoms with Crippen LogP contribution in [0.2, 0.25) is 0 Å². The molecule has 3 heterocycles. The smallest absolute Gasteiger partial charge is 0.466 e. The molecule has 0 radical (unpaired) electrons. The molecule has 1 aromatic heterocycles. The number of anilines is 1. The van der Waals surface area contributed by atoms with Crippen molar-refractivity contribution in [3.8, 4) is 0 Å². The topological polar surface area (TPSA) is 73.8 Å². The number of hydrogen-bond donors (Lipinski definition) is 0. The summed E-state index contributed by atoms with van der Waals surface area (Å²) in [5, 5.41) is 0. The number of hydrogen-bond acceptors (Lipinski definition) is 7. The number of carbonyl (C=O) groups is 1. The van der Waals surface area contributed by atoms with Crippen LogP contribution in [0.4, 0.5) is 5.95 Å². The Labute approximate surface area is 174 Å². The van der Waals surface area contributed by atoms with E-state index < -0.39 is 23.7 Å². The number of ether oxygens (including phenoxy) is 1. The van der Waals surface area contributed by atoms with Crippen LogP contribution in [0.15, 0.2) is 25.0 Å². The summed E-state index contributed by atoms with van der Waals surface area (Å²) < 4.78 is 17.4. The minimum Gasteiger partial charge on any atom is -0.466 e. The van der Waals surface area contributed by atoms with E-state index in [-0.39, 0.29) is 5.97 Å². The number of piperidine rings is 1. The summed E-state index contributed by atoms with van der Waals surface area (Å²) in [4.78, 5) is 23.7. The molecule has 2 saturated heterocycles. The summed E-state index contributed by atoms with van der Waals surface area (Å²) in [6, 6.07) is 0. The van der Waals surface area contributed by atoms with Crippen LogP contribution < -0.4 is 10.4 Å². The highest BCUT2D eigenvalue weighted by Gasteiger charge is 2.52. The molecule has 0 aromatic carbocycles. The molecule has 158 valence electrons. The fourth-order valence-electron chi connectivity index (χ4n) is 3.78. The molecule has 0 bridgehead atoms. The molecular formula is C21H32BN3O4. The van der Waals surface area contributed by atoms with Crippen LogP contribution in [0.5, 0.6) is 0 Å². The lowest BCUT2D eigenvalue weighted by molar-refractivity contribution is -0.156. The van der Waals surface area contributed by atoms with Gasteiger partial charge in [-0.1, -0.05) is 6.08 Å². The van der Waals surface area contributed by atoms with Gasteiger partial charge in [-0.15, -0.1) is 6.58 Å². The number of rotatable bonds is 6. The van der Waals surface area contributed by atoms with Crippen molar-refractivity contribution in [2.45, 2.75) is 65.1 Å². The van der Waals surface area contributed by atoms with Crippen molar-refractivity contribution in [3.63, 3.8) is 0 Å². The summed E-state index contributed by atoms with van der Waals surface area (Å²) in [5.74, 6) is 0.526. The minimum absolute atomic E-state index is 0.128. The lowest BCUT2D eigenvalue weighted by Gasteiger charge is -2.39. The Kier molecular flexibility index (Phi) is 6.06. The Bertz CT molecular complexity index is 727. The highest BCUT2D eigenvalue weighted by molar-refractivity contribution is 6.61. The molecule has 3 rings (SSSR count). The number of allylic oxidation sites excluding steroid dienone is 1. The van der Waals surface area contributed by atoms with Gasteiger partial charge >= 0.3 is 13.1 Å². The van der Waals surface area contributed by atoms with E-state index in [1.165, 1.54) is 0 Å². The lowest BCUT2D eigenvalue weighted by atomic mass is 9.75. The fraction of sp³-hybridized carbons (Fsp3) is 0.667. The molecule has 0 saturated carbocycles. The monoisotopic (exact) mass is 401 g/mol. The third kappa shape index (κ3) is 4.19. The highest BCUT2D eigenvalue weighted by atomic mass is 16.7. The molecular weight excluding hydrogens is 369 g/mol. The van der Waals surface area contributed by atoms with Gasteiger partial charge in [0.05, 0.1) is 23.2 Å².